The molecule has 1 fully saturated rings. The van der Waals surface area contributed by atoms with Crippen molar-refractivity contribution in [3.8, 4) is 5.75 Å². The molecule has 1 amide bonds. The molecule has 1 aromatic carbocycles. The summed E-state index contributed by atoms with van der Waals surface area (Å²) in [5, 5.41) is 14.6. The van der Waals surface area contributed by atoms with Crippen LogP contribution in [0.25, 0.3) is 0 Å². The third-order valence-corrected chi connectivity index (χ3v) is 4.65. The average Bonchev–Trinajstić information content (AvgIpc) is 3.07. The number of ether oxygens (including phenoxy) is 1. The number of carbonyl (C=O) groups is 1. The molecule has 1 aliphatic rings. The van der Waals surface area contributed by atoms with Crippen LogP contribution in [0.3, 0.4) is 0 Å². The van der Waals surface area contributed by atoms with Crippen LogP contribution in [0.2, 0.25) is 0 Å². The molecule has 3 rings (SSSR count). The van der Waals surface area contributed by atoms with Crippen molar-refractivity contribution in [2.24, 2.45) is 0 Å². The lowest BCUT2D eigenvalue weighted by Crippen LogP contribution is -2.30. The van der Waals surface area contributed by atoms with Gasteiger partial charge >= 0.3 is 0 Å². The normalized spacial score (nSPS) is 15.0. The van der Waals surface area contributed by atoms with Gasteiger partial charge in [-0.3, -0.25) is 4.79 Å². The zero-order chi connectivity index (χ0) is 18.4. The van der Waals surface area contributed by atoms with E-state index in [1.807, 2.05) is 35.9 Å². The fourth-order valence-electron chi connectivity index (χ4n) is 3.14. The zero-order valence-electron chi connectivity index (χ0n) is 15.5. The van der Waals surface area contributed by atoms with Crippen molar-refractivity contribution in [3.05, 3.63) is 41.2 Å². The molecule has 1 aliphatic heterocycles. The largest absolute Gasteiger partial charge is 0.494 e. The maximum absolute atomic E-state index is 12.5. The molecule has 140 valence electrons. The lowest BCUT2D eigenvalue weighted by molar-refractivity contribution is 0.0945. The zero-order valence-corrected chi connectivity index (χ0v) is 15.5. The molecule has 0 bridgehead atoms. The SMILES string of the molecule is CCCOc1ccc(CNC(=O)c2nnn(C3CCNCC3)c2C)cc1. The number of hydrogen-bond acceptors (Lipinski definition) is 5. The molecule has 2 heterocycles. The average molecular weight is 357 g/mol. The highest BCUT2D eigenvalue weighted by molar-refractivity contribution is 5.93. The molecule has 7 nitrogen and oxygen atoms in total. The Hall–Kier alpha value is -2.41. The van der Waals surface area contributed by atoms with E-state index in [1.54, 1.807) is 0 Å². The van der Waals surface area contributed by atoms with Gasteiger partial charge in [0.2, 0.25) is 0 Å². The van der Waals surface area contributed by atoms with E-state index < -0.39 is 0 Å². The first-order valence-corrected chi connectivity index (χ1v) is 9.31. The van der Waals surface area contributed by atoms with Gasteiger partial charge in [0.25, 0.3) is 5.91 Å². The van der Waals surface area contributed by atoms with Crippen LogP contribution in [0.1, 0.15) is 54.0 Å². The summed E-state index contributed by atoms with van der Waals surface area (Å²) in [4.78, 5) is 12.5. The molecular formula is C19H27N5O2. The molecular weight excluding hydrogens is 330 g/mol. The number of piperidine rings is 1. The van der Waals surface area contributed by atoms with Gasteiger partial charge in [0, 0.05) is 6.54 Å². The fraction of sp³-hybridized carbons (Fsp3) is 0.526. The van der Waals surface area contributed by atoms with Crippen molar-refractivity contribution >= 4 is 5.91 Å². The van der Waals surface area contributed by atoms with E-state index in [0.717, 1.165) is 49.4 Å². The number of hydrogen-bond donors (Lipinski definition) is 2. The van der Waals surface area contributed by atoms with Gasteiger partial charge in [0.1, 0.15) is 5.75 Å². The molecule has 26 heavy (non-hydrogen) atoms. The Labute approximate surface area is 154 Å². The summed E-state index contributed by atoms with van der Waals surface area (Å²) >= 11 is 0. The van der Waals surface area contributed by atoms with Gasteiger partial charge in [-0.1, -0.05) is 24.3 Å². The second kappa shape index (κ2) is 8.80. The Kier molecular flexibility index (Phi) is 6.22. The Bertz CT molecular complexity index is 720. The van der Waals surface area contributed by atoms with Crippen LogP contribution in [0.5, 0.6) is 5.75 Å². The van der Waals surface area contributed by atoms with Crippen LogP contribution in [0, 0.1) is 6.92 Å². The standard InChI is InChI=1S/C19H27N5O2/c1-3-12-26-17-6-4-15(5-7-17)13-21-19(25)18-14(2)24(23-22-18)16-8-10-20-11-9-16/h4-7,16,20H,3,8-13H2,1-2H3,(H,21,25). The Morgan fingerprint density at radius 3 is 2.73 bits per heavy atom. The molecule has 0 unspecified atom stereocenters. The minimum atomic E-state index is -0.186. The molecule has 0 spiro atoms. The number of amides is 1. The van der Waals surface area contributed by atoms with Crippen LogP contribution < -0.4 is 15.4 Å². The molecule has 2 N–H and O–H groups in total. The number of carbonyl (C=O) groups excluding carboxylic acids is 1. The molecule has 1 aromatic heterocycles. The fourth-order valence-corrected chi connectivity index (χ4v) is 3.14. The monoisotopic (exact) mass is 357 g/mol. The first-order chi connectivity index (χ1) is 12.7. The maximum atomic E-state index is 12.5. The number of aromatic nitrogens is 3. The molecule has 0 aliphatic carbocycles. The third kappa shape index (κ3) is 4.40. The molecule has 0 saturated carbocycles. The van der Waals surface area contributed by atoms with Crippen LogP contribution in [-0.4, -0.2) is 40.6 Å². The lowest BCUT2D eigenvalue weighted by atomic mass is 10.1. The highest BCUT2D eigenvalue weighted by Crippen LogP contribution is 2.20. The van der Waals surface area contributed by atoms with Gasteiger partial charge in [0.15, 0.2) is 5.69 Å². The van der Waals surface area contributed by atoms with Crippen LogP contribution in [0.15, 0.2) is 24.3 Å². The summed E-state index contributed by atoms with van der Waals surface area (Å²) in [6, 6.07) is 8.10. The van der Waals surface area contributed by atoms with E-state index in [-0.39, 0.29) is 5.91 Å². The predicted octanol–water partition coefficient (Wildman–Crippen LogP) is 2.23. The predicted molar refractivity (Wildman–Crippen MR) is 99.3 cm³/mol. The first kappa shape index (κ1) is 18.4. The third-order valence-electron chi connectivity index (χ3n) is 4.65. The van der Waals surface area contributed by atoms with E-state index in [9.17, 15) is 4.79 Å². The Balaban J connectivity index is 1.57. The van der Waals surface area contributed by atoms with Crippen molar-refractivity contribution in [2.45, 2.75) is 45.7 Å². The molecule has 0 radical (unpaired) electrons. The molecule has 7 heteroatoms. The summed E-state index contributed by atoms with van der Waals surface area (Å²) in [5.74, 6) is 0.664. The number of benzene rings is 1. The van der Waals surface area contributed by atoms with E-state index in [4.69, 9.17) is 4.74 Å². The highest BCUT2D eigenvalue weighted by Gasteiger charge is 2.22. The Morgan fingerprint density at radius 2 is 2.04 bits per heavy atom. The van der Waals surface area contributed by atoms with E-state index >= 15 is 0 Å². The number of nitrogens with zero attached hydrogens (tertiary/aromatic N) is 3. The maximum Gasteiger partial charge on any atom is 0.274 e. The lowest BCUT2D eigenvalue weighted by Gasteiger charge is -2.23. The van der Waals surface area contributed by atoms with Gasteiger partial charge in [-0.05, 0) is 57.0 Å². The summed E-state index contributed by atoms with van der Waals surface area (Å²) in [5.41, 5.74) is 2.26. The number of rotatable bonds is 7. The topological polar surface area (TPSA) is 81.1 Å². The highest BCUT2D eigenvalue weighted by atomic mass is 16.5. The second-order valence-corrected chi connectivity index (χ2v) is 6.62. The van der Waals surface area contributed by atoms with Crippen molar-refractivity contribution in [2.75, 3.05) is 19.7 Å². The minimum Gasteiger partial charge on any atom is -0.494 e. The second-order valence-electron chi connectivity index (χ2n) is 6.62. The smallest absolute Gasteiger partial charge is 0.274 e. The van der Waals surface area contributed by atoms with Gasteiger partial charge in [-0.25, -0.2) is 4.68 Å². The van der Waals surface area contributed by atoms with Crippen LogP contribution in [0.4, 0.5) is 0 Å². The van der Waals surface area contributed by atoms with Gasteiger partial charge in [-0.2, -0.15) is 0 Å². The molecule has 1 saturated heterocycles. The summed E-state index contributed by atoms with van der Waals surface area (Å²) < 4.78 is 7.47. The van der Waals surface area contributed by atoms with Crippen LogP contribution in [-0.2, 0) is 6.54 Å². The van der Waals surface area contributed by atoms with E-state index in [0.29, 0.717) is 24.9 Å². The van der Waals surface area contributed by atoms with E-state index in [2.05, 4.69) is 27.9 Å². The minimum absolute atomic E-state index is 0.186. The van der Waals surface area contributed by atoms with Crippen LogP contribution >= 0.6 is 0 Å². The first-order valence-electron chi connectivity index (χ1n) is 9.31. The quantitative estimate of drug-likeness (QED) is 0.794. The molecule has 0 atom stereocenters. The summed E-state index contributed by atoms with van der Waals surface area (Å²) in [6.07, 6.45) is 3.00. The van der Waals surface area contributed by atoms with Crippen molar-refractivity contribution in [1.82, 2.24) is 25.6 Å². The molecule has 2 aromatic rings. The number of nitrogens with one attached hydrogen (secondary N) is 2. The van der Waals surface area contributed by atoms with Crippen molar-refractivity contribution < 1.29 is 9.53 Å². The van der Waals surface area contributed by atoms with Gasteiger partial charge in [0.05, 0.1) is 18.3 Å². The van der Waals surface area contributed by atoms with E-state index in [1.165, 1.54) is 0 Å². The summed E-state index contributed by atoms with van der Waals surface area (Å²) in [6.45, 7) is 7.10. The summed E-state index contributed by atoms with van der Waals surface area (Å²) in [7, 11) is 0. The van der Waals surface area contributed by atoms with Crippen molar-refractivity contribution in [1.29, 1.82) is 0 Å². The Morgan fingerprint density at radius 1 is 1.31 bits per heavy atom. The van der Waals surface area contributed by atoms with Gasteiger partial charge in [-0.15, -0.1) is 5.10 Å². The van der Waals surface area contributed by atoms with Gasteiger partial charge < -0.3 is 15.4 Å². The van der Waals surface area contributed by atoms with Crippen molar-refractivity contribution in [3.63, 3.8) is 0 Å².